The van der Waals surface area contributed by atoms with E-state index in [1.165, 1.54) is 11.8 Å². The van der Waals surface area contributed by atoms with Crippen LogP contribution in [0.2, 0.25) is 0 Å². The van der Waals surface area contributed by atoms with Gasteiger partial charge in [-0.2, -0.15) is 0 Å². The molecule has 0 amide bonds. The van der Waals surface area contributed by atoms with Crippen molar-refractivity contribution in [1.29, 1.82) is 0 Å². The minimum Gasteiger partial charge on any atom is -0.399 e. The summed E-state index contributed by atoms with van der Waals surface area (Å²) in [7, 11) is -3.28. The highest BCUT2D eigenvalue weighted by Crippen LogP contribution is 2.19. The highest BCUT2D eigenvalue weighted by Gasteiger charge is 2.15. The first kappa shape index (κ1) is 16.9. The summed E-state index contributed by atoms with van der Waals surface area (Å²) in [6.07, 6.45) is 6.32. The lowest BCUT2D eigenvalue weighted by molar-refractivity contribution is 0.545. The van der Waals surface area contributed by atoms with Crippen molar-refractivity contribution in [2.45, 2.75) is 30.7 Å². The fraction of sp³-hybridized carbons (Fsp3) is 0.429. The van der Waals surface area contributed by atoms with Crippen LogP contribution in [0.5, 0.6) is 0 Å². The van der Waals surface area contributed by atoms with Crippen LogP contribution in [0.15, 0.2) is 29.2 Å². The first-order valence-electron chi connectivity index (χ1n) is 6.38. The van der Waals surface area contributed by atoms with E-state index in [1.807, 2.05) is 19.1 Å². The van der Waals surface area contributed by atoms with E-state index in [-0.39, 0.29) is 11.8 Å². The van der Waals surface area contributed by atoms with Crippen molar-refractivity contribution in [3.8, 4) is 12.3 Å². The maximum atomic E-state index is 11.9. The number of anilines is 1. The van der Waals surface area contributed by atoms with Crippen LogP contribution < -0.4 is 10.5 Å². The van der Waals surface area contributed by atoms with Gasteiger partial charge < -0.3 is 5.73 Å². The topological polar surface area (TPSA) is 72.2 Å². The van der Waals surface area contributed by atoms with Gasteiger partial charge in [-0.25, -0.2) is 13.1 Å². The molecule has 1 aromatic carbocycles. The van der Waals surface area contributed by atoms with Gasteiger partial charge in [-0.1, -0.05) is 6.92 Å². The predicted molar refractivity (Wildman–Crippen MR) is 86.0 cm³/mol. The molecule has 0 aliphatic heterocycles. The summed E-state index contributed by atoms with van der Waals surface area (Å²) in [5.74, 6) is 3.05. The van der Waals surface area contributed by atoms with Gasteiger partial charge in [-0.3, -0.25) is 0 Å². The van der Waals surface area contributed by atoms with Gasteiger partial charge in [0.2, 0.25) is 10.0 Å². The molecule has 0 fully saturated rings. The molecule has 0 spiro atoms. The van der Waals surface area contributed by atoms with E-state index in [0.29, 0.717) is 24.3 Å². The molecule has 0 heterocycles. The molecule has 4 nitrogen and oxygen atoms in total. The van der Waals surface area contributed by atoms with E-state index in [1.54, 1.807) is 12.1 Å². The maximum Gasteiger partial charge on any atom is 0.212 e. The summed E-state index contributed by atoms with van der Waals surface area (Å²) in [4.78, 5) is 1.00. The summed E-state index contributed by atoms with van der Waals surface area (Å²) < 4.78 is 26.4. The molecule has 0 saturated carbocycles. The van der Waals surface area contributed by atoms with Gasteiger partial charge in [0.25, 0.3) is 0 Å². The number of thioether (sulfide) groups is 1. The van der Waals surface area contributed by atoms with E-state index < -0.39 is 10.0 Å². The Kier molecular flexibility index (Phi) is 6.93. The normalized spacial score (nSPS) is 12.8. The molecule has 0 aliphatic carbocycles. The van der Waals surface area contributed by atoms with Gasteiger partial charge in [0.1, 0.15) is 0 Å². The molecule has 110 valence electrons. The maximum absolute atomic E-state index is 11.9. The average Bonchev–Trinajstić information content (AvgIpc) is 2.40. The Balaban J connectivity index is 2.43. The number of hydrogen-bond donors (Lipinski definition) is 2. The molecule has 0 radical (unpaired) electrons. The number of terminal acetylenes is 1. The van der Waals surface area contributed by atoms with Gasteiger partial charge in [-0.05, 0) is 30.7 Å². The molecule has 0 bridgehead atoms. The lowest BCUT2D eigenvalue weighted by Crippen LogP contribution is -2.36. The van der Waals surface area contributed by atoms with E-state index in [0.717, 1.165) is 4.90 Å². The zero-order valence-electron chi connectivity index (χ0n) is 11.5. The molecular weight excluding hydrogens is 292 g/mol. The largest absolute Gasteiger partial charge is 0.399 e. The second-order valence-electron chi connectivity index (χ2n) is 4.37. The van der Waals surface area contributed by atoms with E-state index in [2.05, 4.69) is 10.6 Å². The molecule has 1 aromatic rings. The minimum atomic E-state index is -3.28. The van der Waals surface area contributed by atoms with Crippen molar-refractivity contribution in [1.82, 2.24) is 4.72 Å². The Hall–Kier alpha value is -1.16. The highest BCUT2D eigenvalue weighted by atomic mass is 32.2. The first-order valence-corrected chi connectivity index (χ1v) is 9.02. The zero-order valence-corrected chi connectivity index (χ0v) is 13.1. The van der Waals surface area contributed by atoms with Crippen LogP contribution in [-0.4, -0.2) is 26.0 Å². The van der Waals surface area contributed by atoms with Crippen molar-refractivity contribution in [3.05, 3.63) is 24.3 Å². The number of sulfonamides is 1. The summed E-state index contributed by atoms with van der Waals surface area (Å²) in [5.41, 5.74) is 6.29. The third kappa shape index (κ3) is 6.33. The Morgan fingerprint density at radius 1 is 1.40 bits per heavy atom. The Labute approximate surface area is 125 Å². The van der Waals surface area contributed by atoms with Crippen molar-refractivity contribution in [2.75, 3.05) is 17.2 Å². The van der Waals surface area contributed by atoms with Gasteiger partial charge in [-0.15, -0.1) is 24.1 Å². The molecule has 0 aromatic heterocycles. The number of nitrogens with one attached hydrogen (secondary N) is 1. The second-order valence-corrected chi connectivity index (χ2v) is 7.41. The number of rotatable bonds is 8. The van der Waals surface area contributed by atoms with Crippen LogP contribution >= 0.6 is 11.8 Å². The minimum absolute atomic E-state index is 0.0725. The standard InChI is InChI=1S/C14H20N2O2S2/c1-3-5-13(4-2)16-20(17,18)11-10-19-14-8-6-12(15)7-9-14/h1,6-9,13,16H,4-5,10-11,15H2,2H3. The first-order chi connectivity index (χ1) is 9.46. The van der Waals surface area contributed by atoms with Crippen molar-refractivity contribution < 1.29 is 8.42 Å². The van der Waals surface area contributed by atoms with Crippen LogP contribution in [0.4, 0.5) is 5.69 Å². The third-order valence-electron chi connectivity index (χ3n) is 2.70. The fourth-order valence-electron chi connectivity index (χ4n) is 1.56. The zero-order chi connectivity index (χ0) is 15.0. The monoisotopic (exact) mass is 312 g/mol. The Morgan fingerprint density at radius 3 is 2.60 bits per heavy atom. The van der Waals surface area contributed by atoms with Crippen molar-refractivity contribution in [3.63, 3.8) is 0 Å². The van der Waals surface area contributed by atoms with Crippen LogP contribution in [-0.2, 0) is 10.0 Å². The van der Waals surface area contributed by atoms with E-state index in [4.69, 9.17) is 12.2 Å². The molecule has 1 unspecified atom stereocenters. The van der Waals surface area contributed by atoms with Crippen molar-refractivity contribution >= 4 is 27.5 Å². The predicted octanol–water partition coefficient (Wildman–Crippen LogP) is 2.08. The molecule has 1 rings (SSSR count). The third-order valence-corrected chi connectivity index (χ3v) is 5.41. The fourth-order valence-corrected chi connectivity index (χ4v) is 4.21. The number of nitrogens with two attached hydrogens (primary N) is 1. The van der Waals surface area contributed by atoms with Crippen molar-refractivity contribution in [2.24, 2.45) is 0 Å². The highest BCUT2D eigenvalue weighted by molar-refractivity contribution is 8.00. The molecule has 0 saturated heterocycles. The Morgan fingerprint density at radius 2 is 2.05 bits per heavy atom. The summed E-state index contributed by atoms with van der Waals surface area (Å²) >= 11 is 1.49. The van der Waals surface area contributed by atoms with Crippen LogP contribution in [0, 0.1) is 12.3 Å². The number of benzene rings is 1. The number of nitrogen functional groups attached to an aromatic ring is 1. The Bertz CT molecular complexity index is 548. The quantitative estimate of drug-likeness (QED) is 0.438. The van der Waals surface area contributed by atoms with Gasteiger partial charge in [0, 0.05) is 28.8 Å². The van der Waals surface area contributed by atoms with E-state index >= 15 is 0 Å². The van der Waals surface area contributed by atoms with E-state index in [9.17, 15) is 8.42 Å². The molecule has 3 N–H and O–H groups in total. The van der Waals surface area contributed by atoms with Gasteiger partial charge in [0.05, 0.1) is 5.75 Å². The second kappa shape index (κ2) is 8.20. The molecule has 6 heteroatoms. The van der Waals surface area contributed by atoms with Gasteiger partial charge >= 0.3 is 0 Å². The summed E-state index contributed by atoms with van der Waals surface area (Å²) in [6, 6.07) is 7.19. The lowest BCUT2D eigenvalue weighted by Gasteiger charge is -2.14. The summed E-state index contributed by atoms with van der Waals surface area (Å²) in [6.45, 7) is 1.91. The summed E-state index contributed by atoms with van der Waals surface area (Å²) in [5, 5.41) is 0. The van der Waals surface area contributed by atoms with Crippen LogP contribution in [0.1, 0.15) is 19.8 Å². The SMILES string of the molecule is C#CCC(CC)NS(=O)(=O)CCSc1ccc(N)cc1. The van der Waals surface area contributed by atoms with Crippen LogP contribution in [0.3, 0.4) is 0 Å². The lowest BCUT2D eigenvalue weighted by atomic mass is 10.2. The average molecular weight is 312 g/mol. The van der Waals surface area contributed by atoms with Crippen LogP contribution in [0.25, 0.3) is 0 Å². The molecule has 1 atom stereocenters. The number of hydrogen-bond acceptors (Lipinski definition) is 4. The molecule has 0 aliphatic rings. The smallest absolute Gasteiger partial charge is 0.212 e. The van der Waals surface area contributed by atoms with Gasteiger partial charge in [0.15, 0.2) is 0 Å². The molecular formula is C14H20N2O2S2. The molecule has 20 heavy (non-hydrogen) atoms.